The van der Waals surface area contributed by atoms with Crippen LogP contribution in [0.5, 0.6) is 0 Å². The van der Waals surface area contributed by atoms with Crippen molar-refractivity contribution >= 4 is 0 Å². The number of rotatable bonds is 4. The van der Waals surface area contributed by atoms with E-state index < -0.39 is 0 Å². The maximum absolute atomic E-state index is 3.78. The molecule has 0 heterocycles. The molecule has 0 spiro atoms. The average molecular weight is 269 g/mol. The Morgan fingerprint density at radius 1 is 0.950 bits per heavy atom. The van der Waals surface area contributed by atoms with Crippen LogP contribution in [0, 0.1) is 30.1 Å². The van der Waals surface area contributed by atoms with E-state index >= 15 is 0 Å². The zero-order valence-corrected chi connectivity index (χ0v) is 12.7. The number of hydrogen-bond donors (Lipinski definition) is 1. The van der Waals surface area contributed by atoms with Crippen LogP contribution in [0.2, 0.25) is 0 Å². The highest BCUT2D eigenvalue weighted by atomic mass is 14.9. The van der Waals surface area contributed by atoms with Crippen LogP contribution < -0.4 is 5.32 Å². The molecule has 0 aromatic heterocycles. The number of nitrogens with one attached hydrogen (secondary N) is 1. The summed E-state index contributed by atoms with van der Waals surface area (Å²) in [6.07, 6.45) is 9.20. The van der Waals surface area contributed by atoms with Gasteiger partial charge in [-0.3, -0.25) is 0 Å². The van der Waals surface area contributed by atoms with E-state index in [9.17, 15) is 0 Å². The first-order valence-electron chi connectivity index (χ1n) is 8.47. The lowest BCUT2D eigenvalue weighted by Gasteiger charge is -2.57. The normalized spacial score (nSPS) is 38.4. The summed E-state index contributed by atoms with van der Waals surface area (Å²) < 4.78 is 0. The molecule has 1 N–H and O–H groups in total. The van der Waals surface area contributed by atoms with E-state index in [1.807, 2.05) is 0 Å². The molecule has 108 valence electrons. The van der Waals surface area contributed by atoms with Gasteiger partial charge in [0.25, 0.3) is 0 Å². The SMILES string of the molecule is Cc1ccc(CNCC23CC4CC(CC(C4)C2)C3)cc1. The molecule has 0 atom stereocenters. The minimum Gasteiger partial charge on any atom is -0.312 e. The van der Waals surface area contributed by atoms with Gasteiger partial charge in [-0.25, -0.2) is 0 Å². The molecule has 1 aromatic carbocycles. The first kappa shape index (κ1) is 12.9. The highest BCUT2D eigenvalue weighted by Crippen LogP contribution is 2.59. The van der Waals surface area contributed by atoms with Crippen molar-refractivity contribution in [2.75, 3.05) is 6.54 Å². The van der Waals surface area contributed by atoms with Gasteiger partial charge in [0.1, 0.15) is 0 Å². The molecule has 0 aliphatic heterocycles. The van der Waals surface area contributed by atoms with E-state index in [1.165, 1.54) is 36.9 Å². The van der Waals surface area contributed by atoms with Crippen LogP contribution in [0.4, 0.5) is 0 Å². The van der Waals surface area contributed by atoms with E-state index in [0.717, 1.165) is 24.3 Å². The molecule has 0 radical (unpaired) electrons. The summed E-state index contributed by atoms with van der Waals surface area (Å²) in [6.45, 7) is 4.46. The van der Waals surface area contributed by atoms with E-state index in [2.05, 4.69) is 36.5 Å². The molecule has 1 aromatic rings. The van der Waals surface area contributed by atoms with E-state index in [1.54, 1.807) is 19.3 Å². The third-order valence-corrected chi connectivity index (χ3v) is 6.11. The fourth-order valence-corrected chi connectivity index (χ4v) is 5.68. The topological polar surface area (TPSA) is 12.0 Å². The Balaban J connectivity index is 1.36. The van der Waals surface area contributed by atoms with Gasteiger partial charge < -0.3 is 5.32 Å². The molecule has 0 amide bonds. The van der Waals surface area contributed by atoms with E-state index in [4.69, 9.17) is 0 Å². The molecular weight excluding hydrogens is 242 g/mol. The van der Waals surface area contributed by atoms with Gasteiger partial charge in [0.2, 0.25) is 0 Å². The second-order valence-corrected chi connectivity index (χ2v) is 8.01. The number of benzene rings is 1. The van der Waals surface area contributed by atoms with E-state index in [-0.39, 0.29) is 0 Å². The van der Waals surface area contributed by atoms with Crippen LogP contribution in [0.1, 0.15) is 49.7 Å². The smallest absolute Gasteiger partial charge is 0.0205 e. The maximum atomic E-state index is 3.78. The second kappa shape index (κ2) is 4.87. The quantitative estimate of drug-likeness (QED) is 0.859. The van der Waals surface area contributed by atoms with Gasteiger partial charge in [0.15, 0.2) is 0 Å². The van der Waals surface area contributed by atoms with Gasteiger partial charge in [-0.15, -0.1) is 0 Å². The highest BCUT2D eigenvalue weighted by molar-refractivity contribution is 5.21. The second-order valence-electron chi connectivity index (χ2n) is 8.01. The zero-order valence-electron chi connectivity index (χ0n) is 12.7. The van der Waals surface area contributed by atoms with Gasteiger partial charge >= 0.3 is 0 Å². The van der Waals surface area contributed by atoms with Crippen molar-refractivity contribution in [1.29, 1.82) is 0 Å². The van der Waals surface area contributed by atoms with Crippen LogP contribution >= 0.6 is 0 Å². The summed E-state index contributed by atoms with van der Waals surface area (Å²) in [4.78, 5) is 0. The minimum atomic E-state index is 0.666. The largest absolute Gasteiger partial charge is 0.312 e. The first-order chi connectivity index (χ1) is 9.71. The summed E-state index contributed by atoms with van der Waals surface area (Å²) in [5, 5.41) is 3.78. The molecule has 4 fully saturated rings. The van der Waals surface area contributed by atoms with Crippen LogP contribution in [-0.4, -0.2) is 6.54 Å². The van der Waals surface area contributed by atoms with Crippen molar-refractivity contribution < 1.29 is 0 Å². The van der Waals surface area contributed by atoms with Crippen LogP contribution in [-0.2, 0) is 6.54 Å². The first-order valence-corrected chi connectivity index (χ1v) is 8.47. The molecule has 1 heteroatoms. The summed E-state index contributed by atoms with van der Waals surface area (Å²) in [7, 11) is 0. The predicted octanol–water partition coefficient (Wildman–Crippen LogP) is 4.30. The number of hydrogen-bond acceptors (Lipinski definition) is 1. The molecule has 0 unspecified atom stereocenters. The minimum absolute atomic E-state index is 0.666. The Bertz CT molecular complexity index is 438. The molecule has 4 saturated carbocycles. The monoisotopic (exact) mass is 269 g/mol. The van der Waals surface area contributed by atoms with Gasteiger partial charge in [0.05, 0.1) is 0 Å². The molecule has 1 nitrogen and oxygen atoms in total. The third-order valence-electron chi connectivity index (χ3n) is 6.11. The Labute approximate surface area is 123 Å². The van der Waals surface area contributed by atoms with Crippen LogP contribution in [0.15, 0.2) is 24.3 Å². The van der Waals surface area contributed by atoms with E-state index in [0.29, 0.717) is 5.41 Å². The molecule has 4 bridgehead atoms. The summed E-state index contributed by atoms with van der Waals surface area (Å²) >= 11 is 0. The van der Waals surface area contributed by atoms with Gasteiger partial charge in [-0.05, 0) is 74.2 Å². The van der Waals surface area contributed by atoms with Crippen molar-refractivity contribution in [1.82, 2.24) is 5.32 Å². The maximum Gasteiger partial charge on any atom is 0.0205 e. The van der Waals surface area contributed by atoms with Crippen molar-refractivity contribution in [3.8, 4) is 0 Å². The average Bonchev–Trinajstić information content (AvgIpc) is 2.39. The molecule has 4 aliphatic rings. The predicted molar refractivity (Wildman–Crippen MR) is 83.5 cm³/mol. The van der Waals surface area contributed by atoms with Crippen molar-refractivity contribution in [2.24, 2.45) is 23.2 Å². The third kappa shape index (κ3) is 2.41. The Hall–Kier alpha value is -0.820. The lowest BCUT2D eigenvalue weighted by molar-refractivity contribution is -0.0514. The Kier molecular flexibility index (Phi) is 3.14. The van der Waals surface area contributed by atoms with Crippen molar-refractivity contribution in [3.05, 3.63) is 35.4 Å². The molecule has 4 aliphatic carbocycles. The molecule has 20 heavy (non-hydrogen) atoms. The standard InChI is InChI=1S/C19H27N/c1-14-2-4-15(5-3-14)12-20-13-19-9-16-6-17(10-19)8-18(7-16)11-19/h2-5,16-18,20H,6-13H2,1H3. The fraction of sp³-hybridized carbons (Fsp3) is 0.684. The molecule has 5 rings (SSSR count). The van der Waals surface area contributed by atoms with Gasteiger partial charge in [0, 0.05) is 13.1 Å². The van der Waals surface area contributed by atoms with Crippen molar-refractivity contribution in [3.63, 3.8) is 0 Å². The van der Waals surface area contributed by atoms with Gasteiger partial charge in [-0.1, -0.05) is 29.8 Å². The summed E-state index contributed by atoms with van der Waals surface area (Å²) in [5.41, 5.74) is 3.45. The lowest BCUT2D eigenvalue weighted by Crippen LogP contribution is -2.50. The molecule has 0 saturated heterocycles. The van der Waals surface area contributed by atoms with Gasteiger partial charge in [-0.2, -0.15) is 0 Å². The number of aryl methyl sites for hydroxylation is 1. The van der Waals surface area contributed by atoms with Crippen molar-refractivity contribution in [2.45, 2.75) is 52.0 Å². The Morgan fingerprint density at radius 2 is 1.50 bits per heavy atom. The highest BCUT2D eigenvalue weighted by Gasteiger charge is 2.50. The lowest BCUT2D eigenvalue weighted by atomic mass is 9.49. The zero-order chi connectivity index (χ0) is 13.6. The molecular formula is C19H27N. The summed E-state index contributed by atoms with van der Waals surface area (Å²) in [6, 6.07) is 8.98. The fourth-order valence-electron chi connectivity index (χ4n) is 5.68. The van der Waals surface area contributed by atoms with Crippen LogP contribution in [0.3, 0.4) is 0 Å². The van der Waals surface area contributed by atoms with Crippen LogP contribution in [0.25, 0.3) is 0 Å². The Morgan fingerprint density at radius 3 is 2.05 bits per heavy atom. The summed E-state index contributed by atoms with van der Waals surface area (Å²) in [5.74, 6) is 3.22.